The molecule has 0 bridgehead atoms. The fourth-order valence-corrected chi connectivity index (χ4v) is 1.58. The summed E-state index contributed by atoms with van der Waals surface area (Å²) in [6.45, 7) is 11.3. The number of hydrogen-bond acceptors (Lipinski definition) is 5. The molecular weight excluding hydrogens is 248 g/mol. The number of hydrogen-bond donors (Lipinski definition) is 1. The van der Waals surface area contributed by atoms with E-state index < -0.39 is 23.3 Å². The normalized spacial score (nSPS) is 20.3. The largest absolute Gasteiger partial charge is 0.459 e. The van der Waals surface area contributed by atoms with Crippen LogP contribution in [0.3, 0.4) is 0 Å². The molecule has 0 spiro atoms. The van der Waals surface area contributed by atoms with Gasteiger partial charge in [0.2, 0.25) is 0 Å². The smallest absolute Gasteiger partial charge is 0.424 e. The SMILES string of the molecule is CC(C)(C)OC(=O)C1CCN(C(=O)OC(C)(C)C)N1. The molecule has 0 aliphatic carbocycles. The second-order valence-electron chi connectivity index (χ2n) is 6.64. The van der Waals surface area contributed by atoms with Gasteiger partial charge < -0.3 is 9.47 Å². The molecular formula is C13H24N2O4. The predicted octanol–water partition coefficient (Wildman–Crippen LogP) is 1.84. The number of carbonyl (C=O) groups excluding carboxylic acids is 2. The second kappa shape index (κ2) is 5.36. The Morgan fingerprint density at radius 3 is 2.05 bits per heavy atom. The Labute approximate surface area is 114 Å². The highest BCUT2D eigenvalue weighted by Crippen LogP contribution is 2.16. The van der Waals surface area contributed by atoms with Crippen LogP contribution in [0.25, 0.3) is 0 Å². The van der Waals surface area contributed by atoms with Crippen LogP contribution >= 0.6 is 0 Å². The minimum absolute atomic E-state index is 0.349. The van der Waals surface area contributed by atoms with Gasteiger partial charge in [-0.2, -0.15) is 0 Å². The third kappa shape index (κ3) is 5.46. The third-order valence-electron chi connectivity index (χ3n) is 2.26. The Kier molecular flexibility index (Phi) is 4.45. The molecule has 0 aromatic carbocycles. The first-order valence-corrected chi connectivity index (χ1v) is 6.47. The summed E-state index contributed by atoms with van der Waals surface area (Å²) < 4.78 is 10.5. The molecule has 6 nitrogen and oxygen atoms in total. The summed E-state index contributed by atoms with van der Waals surface area (Å²) in [5.41, 5.74) is 1.74. The van der Waals surface area contributed by atoms with Crippen LogP contribution in [0.4, 0.5) is 4.79 Å². The van der Waals surface area contributed by atoms with Gasteiger partial charge in [-0.3, -0.25) is 4.79 Å². The second-order valence-corrected chi connectivity index (χ2v) is 6.64. The monoisotopic (exact) mass is 272 g/mol. The number of amides is 1. The Balaban J connectivity index is 2.50. The number of hydrazine groups is 1. The van der Waals surface area contributed by atoms with Crippen LogP contribution in [-0.2, 0) is 14.3 Å². The molecule has 0 saturated carbocycles. The number of ether oxygens (including phenoxy) is 2. The first-order chi connectivity index (χ1) is 8.48. The highest BCUT2D eigenvalue weighted by atomic mass is 16.6. The van der Waals surface area contributed by atoms with Crippen molar-refractivity contribution >= 4 is 12.1 Å². The van der Waals surface area contributed by atoms with E-state index in [1.165, 1.54) is 5.01 Å². The zero-order chi connectivity index (χ0) is 14.8. The van der Waals surface area contributed by atoms with Crippen LogP contribution in [0.5, 0.6) is 0 Å². The number of nitrogens with one attached hydrogen (secondary N) is 1. The zero-order valence-electron chi connectivity index (χ0n) is 12.6. The van der Waals surface area contributed by atoms with Gasteiger partial charge in [0.15, 0.2) is 0 Å². The van der Waals surface area contributed by atoms with Crippen LogP contribution < -0.4 is 5.43 Å². The van der Waals surface area contributed by atoms with Crippen LogP contribution in [0.15, 0.2) is 0 Å². The molecule has 1 unspecified atom stereocenters. The summed E-state index contributed by atoms with van der Waals surface area (Å²) >= 11 is 0. The van der Waals surface area contributed by atoms with Crippen LogP contribution in [0.2, 0.25) is 0 Å². The summed E-state index contributed by atoms with van der Waals surface area (Å²) in [5, 5.41) is 1.32. The predicted molar refractivity (Wildman–Crippen MR) is 70.3 cm³/mol. The molecule has 1 heterocycles. The number of nitrogens with zero attached hydrogens (tertiary/aromatic N) is 1. The van der Waals surface area contributed by atoms with Gasteiger partial charge in [0, 0.05) is 6.54 Å². The minimum atomic E-state index is -0.553. The molecule has 1 N–H and O–H groups in total. The third-order valence-corrected chi connectivity index (χ3v) is 2.26. The minimum Gasteiger partial charge on any atom is -0.459 e. The zero-order valence-corrected chi connectivity index (χ0v) is 12.6. The van der Waals surface area contributed by atoms with E-state index in [0.717, 1.165) is 0 Å². The maximum Gasteiger partial charge on any atom is 0.424 e. The Bertz CT molecular complexity index is 321. The average Bonchev–Trinajstić information content (AvgIpc) is 2.60. The van der Waals surface area contributed by atoms with Crippen molar-refractivity contribution < 1.29 is 19.1 Å². The summed E-state index contributed by atoms with van der Waals surface area (Å²) in [7, 11) is 0. The van der Waals surface area contributed by atoms with E-state index in [1.54, 1.807) is 20.8 Å². The van der Waals surface area contributed by atoms with Crippen molar-refractivity contribution in [2.24, 2.45) is 0 Å². The molecule has 1 aliphatic rings. The summed E-state index contributed by atoms with van der Waals surface area (Å²) in [5.74, 6) is -0.349. The van der Waals surface area contributed by atoms with Crippen LogP contribution in [0.1, 0.15) is 48.0 Å². The van der Waals surface area contributed by atoms with Gasteiger partial charge in [-0.25, -0.2) is 15.2 Å². The van der Waals surface area contributed by atoms with E-state index in [-0.39, 0.29) is 5.97 Å². The van der Waals surface area contributed by atoms with Crippen molar-refractivity contribution in [2.45, 2.75) is 65.2 Å². The number of esters is 1. The van der Waals surface area contributed by atoms with Crippen LogP contribution in [0, 0.1) is 0 Å². The summed E-state index contributed by atoms with van der Waals surface area (Å²) in [6, 6.07) is -0.494. The number of rotatable bonds is 1. The molecule has 0 aromatic rings. The molecule has 110 valence electrons. The fraction of sp³-hybridized carbons (Fsp3) is 0.846. The molecule has 1 fully saturated rings. The van der Waals surface area contributed by atoms with Crippen molar-refractivity contribution in [3.8, 4) is 0 Å². The maximum atomic E-state index is 11.9. The quantitative estimate of drug-likeness (QED) is 0.738. The summed E-state index contributed by atoms with van der Waals surface area (Å²) in [4.78, 5) is 23.7. The first kappa shape index (κ1) is 15.8. The lowest BCUT2D eigenvalue weighted by Gasteiger charge is -2.25. The molecule has 1 rings (SSSR count). The van der Waals surface area contributed by atoms with Gasteiger partial charge in [0.05, 0.1) is 0 Å². The maximum absolute atomic E-state index is 11.9. The van der Waals surface area contributed by atoms with Crippen molar-refractivity contribution in [3.05, 3.63) is 0 Å². The van der Waals surface area contributed by atoms with Gasteiger partial charge in [-0.05, 0) is 48.0 Å². The van der Waals surface area contributed by atoms with Gasteiger partial charge >= 0.3 is 12.1 Å². The Morgan fingerprint density at radius 1 is 1.05 bits per heavy atom. The van der Waals surface area contributed by atoms with Crippen molar-refractivity contribution in [1.29, 1.82) is 0 Å². The van der Waals surface area contributed by atoms with Crippen molar-refractivity contribution in [1.82, 2.24) is 10.4 Å². The first-order valence-electron chi connectivity index (χ1n) is 6.47. The van der Waals surface area contributed by atoms with E-state index in [1.807, 2.05) is 20.8 Å². The average molecular weight is 272 g/mol. The topological polar surface area (TPSA) is 67.9 Å². The molecule has 0 radical (unpaired) electrons. The molecule has 1 atom stereocenters. The van der Waals surface area contributed by atoms with Crippen LogP contribution in [-0.4, -0.2) is 40.9 Å². The fourth-order valence-electron chi connectivity index (χ4n) is 1.58. The Morgan fingerprint density at radius 2 is 1.58 bits per heavy atom. The Hall–Kier alpha value is -1.30. The van der Waals surface area contributed by atoms with E-state index in [0.29, 0.717) is 13.0 Å². The van der Waals surface area contributed by atoms with E-state index >= 15 is 0 Å². The van der Waals surface area contributed by atoms with Gasteiger partial charge in [0.25, 0.3) is 0 Å². The molecule has 1 saturated heterocycles. The lowest BCUT2D eigenvalue weighted by molar-refractivity contribution is -0.157. The van der Waals surface area contributed by atoms with E-state index in [2.05, 4.69) is 5.43 Å². The van der Waals surface area contributed by atoms with Crippen molar-refractivity contribution in [2.75, 3.05) is 6.54 Å². The van der Waals surface area contributed by atoms with E-state index in [4.69, 9.17) is 9.47 Å². The molecule has 0 aromatic heterocycles. The van der Waals surface area contributed by atoms with Gasteiger partial charge in [0.1, 0.15) is 17.2 Å². The standard InChI is InChI=1S/C13H24N2O4/c1-12(2,3)18-10(16)9-7-8-15(14-9)11(17)19-13(4,5)6/h9,14H,7-8H2,1-6H3. The highest BCUT2D eigenvalue weighted by molar-refractivity contribution is 5.78. The van der Waals surface area contributed by atoms with E-state index in [9.17, 15) is 9.59 Å². The molecule has 1 amide bonds. The van der Waals surface area contributed by atoms with Gasteiger partial charge in [-0.1, -0.05) is 0 Å². The molecule has 1 aliphatic heterocycles. The lowest BCUT2D eigenvalue weighted by Crippen LogP contribution is -2.46. The highest BCUT2D eigenvalue weighted by Gasteiger charge is 2.35. The van der Waals surface area contributed by atoms with Crippen molar-refractivity contribution in [3.63, 3.8) is 0 Å². The number of carbonyl (C=O) groups is 2. The lowest BCUT2D eigenvalue weighted by atomic mass is 10.2. The van der Waals surface area contributed by atoms with Gasteiger partial charge in [-0.15, -0.1) is 0 Å². The molecule has 6 heteroatoms. The summed E-state index contributed by atoms with van der Waals surface area (Å²) in [6.07, 6.45) is 0.0484. The molecule has 19 heavy (non-hydrogen) atoms.